The highest BCUT2D eigenvalue weighted by atomic mass is 16.4. The maximum Gasteiger partial charge on any atom is 0.325 e. The number of hydrogen-bond donors (Lipinski definition) is 15. The molecule has 334 valence electrons. The van der Waals surface area contributed by atoms with Crippen LogP contribution in [0.1, 0.15) is 72.6 Å². The van der Waals surface area contributed by atoms with Crippen LogP contribution in [0.3, 0.4) is 0 Å². The molecular formula is C33H60N14O12. The Morgan fingerprint density at radius 2 is 1.00 bits per heavy atom. The summed E-state index contributed by atoms with van der Waals surface area (Å²) in [5.74, 6) is -11.1. The molecule has 0 saturated carbocycles. The Morgan fingerprint density at radius 3 is 1.44 bits per heavy atom. The molecule has 0 saturated heterocycles. The van der Waals surface area contributed by atoms with Crippen LogP contribution in [0.5, 0.6) is 0 Å². The van der Waals surface area contributed by atoms with Crippen molar-refractivity contribution in [3.8, 4) is 0 Å². The summed E-state index contributed by atoms with van der Waals surface area (Å²) in [6.07, 6.45) is -3.25. The number of carboxylic acid groups (broad SMARTS) is 2. The average molecular weight is 845 g/mol. The van der Waals surface area contributed by atoms with Gasteiger partial charge in [-0.3, -0.25) is 53.1 Å². The lowest BCUT2D eigenvalue weighted by Gasteiger charge is -2.27. The first-order valence-corrected chi connectivity index (χ1v) is 18.5. The van der Waals surface area contributed by atoms with E-state index in [1.165, 1.54) is 0 Å². The van der Waals surface area contributed by atoms with Gasteiger partial charge in [0, 0.05) is 13.1 Å². The average Bonchev–Trinajstić information content (AvgIpc) is 3.11. The lowest BCUT2D eigenvalue weighted by Crippen LogP contribution is -2.61. The smallest absolute Gasteiger partial charge is 0.325 e. The van der Waals surface area contributed by atoms with Crippen LogP contribution in [0, 0.1) is 5.92 Å². The minimum atomic E-state index is -1.89. The van der Waals surface area contributed by atoms with E-state index in [1.54, 1.807) is 13.8 Å². The summed E-state index contributed by atoms with van der Waals surface area (Å²) in [7, 11) is 0. The maximum absolute atomic E-state index is 13.6. The Morgan fingerprint density at radius 1 is 0.559 bits per heavy atom. The number of carbonyl (C=O) groups excluding carboxylic acids is 7. The van der Waals surface area contributed by atoms with Crippen LogP contribution in [0.25, 0.3) is 0 Å². The number of aliphatic carboxylic acids is 2. The minimum absolute atomic E-state index is 0.0222. The Balaban J connectivity index is 6.37. The van der Waals surface area contributed by atoms with E-state index < -0.39 is 115 Å². The van der Waals surface area contributed by atoms with Gasteiger partial charge in [-0.2, -0.15) is 0 Å². The standard InChI is InChI=1S/C33H60N14O12/c1-14(2)11-19(44-25(52)17(34)7-5-9-40-32(36)37)27(54)46-21(13-23(50)51)29(56)45-20(12-22(35)49)28(55)43-18(8-6-10-41-33(38)39)26(53)47-24(16(4)48)30(57)42-15(3)31(58)59/h14-21,24,48H,5-13,34H2,1-4H3,(H2,35,49)(H,42,57)(H,43,55)(H,44,52)(H,45,56)(H,46,54)(H,47,53)(H,50,51)(H,58,59)(H4,36,37,40)(H4,38,39,41)/t15-,16+,17-,18-,19-,20-,21-,24-/m0/s1. The molecule has 26 nitrogen and oxygen atoms in total. The molecule has 0 fully saturated rings. The van der Waals surface area contributed by atoms with Crippen molar-refractivity contribution in [2.45, 2.75) is 121 Å². The molecule has 59 heavy (non-hydrogen) atoms. The number of hydrogen-bond acceptors (Lipinski definition) is 13. The number of aliphatic hydroxyl groups is 1. The summed E-state index contributed by atoms with van der Waals surface area (Å²) in [6.45, 7) is 5.84. The number of carboxylic acids is 2. The normalized spacial score (nSPS) is 14.9. The Labute approximate surface area is 339 Å². The first kappa shape index (κ1) is 52.7. The number of aliphatic imine (C=N–C) groups is 2. The van der Waals surface area contributed by atoms with Crippen LogP contribution in [0.15, 0.2) is 9.98 Å². The van der Waals surface area contributed by atoms with E-state index in [2.05, 4.69) is 41.9 Å². The maximum atomic E-state index is 13.6. The monoisotopic (exact) mass is 844 g/mol. The van der Waals surface area contributed by atoms with Gasteiger partial charge in [0.2, 0.25) is 41.4 Å². The number of nitrogens with one attached hydrogen (secondary N) is 6. The Hall–Kier alpha value is -6.31. The summed E-state index contributed by atoms with van der Waals surface area (Å²) in [6, 6.07) is -10.9. The molecule has 0 unspecified atom stereocenters. The Kier molecular flexibility index (Phi) is 23.7. The topological polar surface area (TPSA) is 467 Å². The third kappa shape index (κ3) is 22.3. The number of carbonyl (C=O) groups is 9. The van der Waals surface area contributed by atoms with E-state index in [0.29, 0.717) is 6.42 Å². The summed E-state index contributed by atoms with van der Waals surface area (Å²) in [4.78, 5) is 122. The number of nitrogens with zero attached hydrogens (tertiary/aromatic N) is 2. The van der Waals surface area contributed by atoms with Crippen molar-refractivity contribution in [1.29, 1.82) is 0 Å². The molecule has 0 aromatic rings. The van der Waals surface area contributed by atoms with Crippen molar-refractivity contribution in [1.82, 2.24) is 31.9 Å². The SMILES string of the molecule is CC(C)C[C@H](NC(=O)[C@@H](N)CCCN=C(N)N)C(=O)N[C@@H](CC(=O)O)C(=O)N[C@@H](CC(N)=O)C(=O)N[C@@H](CCCN=C(N)N)C(=O)N[C@H](C(=O)N[C@@H](C)C(=O)O)[C@@H](C)O. The second-order valence-corrected chi connectivity index (χ2v) is 13.9. The summed E-state index contributed by atoms with van der Waals surface area (Å²) >= 11 is 0. The predicted octanol–water partition coefficient (Wildman–Crippen LogP) is -6.79. The molecule has 0 aromatic carbocycles. The highest BCUT2D eigenvalue weighted by Crippen LogP contribution is 2.09. The molecule has 0 aromatic heterocycles. The van der Waals surface area contributed by atoms with Gasteiger partial charge in [0.15, 0.2) is 11.9 Å². The first-order chi connectivity index (χ1) is 27.3. The fourth-order valence-electron chi connectivity index (χ4n) is 5.04. The van der Waals surface area contributed by atoms with E-state index in [1.807, 2.05) is 0 Å². The van der Waals surface area contributed by atoms with Crippen molar-refractivity contribution >= 4 is 65.2 Å². The van der Waals surface area contributed by atoms with Crippen LogP contribution in [0.2, 0.25) is 0 Å². The number of aliphatic hydroxyl groups excluding tert-OH is 1. The van der Waals surface area contributed by atoms with E-state index in [4.69, 9.17) is 39.5 Å². The Bertz CT molecular complexity index is 1550. The van der Waals surface area contributed by atoms with Gasteiger partial charge in [-0.1, -0.05) is 13.8 Å². The molecule has 7 amide bonds. The van der Waals surface area contributed by atoms with E-state index >= 15 is 0 Å². The molecular weight excluding hydrogens is 784 g/mol. The van der Waals surface area contributed by atoms with Gasteiger partial charge >= 0.3 is 11.9 Å². The number of nitrogens with two attached hydrogens (primary N) is 6. The van der Waals surface area contributed by atoms with Crippen molar-refractivity contribution in [2.24, 2.45) is 50.3 Å². The summed E-state index contributed by atoms with van der Waals surface area (Å²) < 4.78 is 0. The van der Waals surface area contributed by atoms with Gasteiger partial charge in [0.1, 0.15) is 36.3 Å². The number of primary amides is 1. The quantitative estimate of drug-likeness (QED) is 0.0198. The number of rotatable bonds is 28. The predicted molar refractivity (Wildman–Crippen MR) is 210 cm³/mol. The molecule has 0 rings (SSSR count). The number of amides is 7. The molecule has 21 N–H and O–H groups in total. The largest absolute Gasteiger partial charge is 0.481 e. The fraction of sp³-hybridized carbons (Fsp3) is 0.667. The lowest BCUT2D eigenvalue weighted by molar-refractivity contribution is -0.143. The van der Waals surface area contributed by atoms with Gasteiger partial charge in [0.05, 0.1) is 25.0 Å². The third-order valence-corrected chi connectivity index (χ3v) is 8.06. The van der Waals surface area contributed by atoms with Crippen molar-refractivity contribution in [2.75, 3.05) is 13.1 Å². The van der Waals surface area contributed by atoms with Crippen LogP contribution >= 0.6 is 0 Å². The highest BCUT2D eigenvalue weighted by molar-refractivity contribution is 5.99. The van der Waals surface area contributed by atoms with Crippen molar-refractivity contribution in [3.05, 3.63) is 0 Å². The molecule has 26 heteroatoms. The van der Waals surface area contributed by atoms with Crippen molar-refractivity contribution in [3.63, 3.8) is 0 Å². The molecule has 0 aliphatic carbocycles. The van der Waals surface area contributed by atoms with Gasteiger partial charge in [-0.15, -0.1) is 0 Å². The zero-order valence-corrected chi connectivity index (χ0v) is 33.4. The van der Waals surface area contributed by atoms with Crippen molar-refractivity contribution < 1.29 is 58.5 Å². The van der Waals surface area contributed by atoms with E-state index in [0.717, 1.165) is 13.8 Å². The molecule has 0 radical (unpaired) electrons. The van der Waals surface area contributed by atoms with E-state index in [-0.39, 0.29) is 56.6 Å². The summed E-state index contributed by atoms with van der Waals surface area (Å²) in [5, 5.41) is 42.5. The summed E-state index contributed by atoms with van der Waals surface area (Å²) in [5.41, 5.74) is 32.6. The lowest BCUT2D eigenvalue weighted by atomic mass is 10.0. The fourth-order valence-corrected chi connectivity index (χ4v) is 5.04. The van der Waals surface area contributed by atoms with Crippen LogP contribution < -0.4 is 66.3 Å². The highest BCUT2D eigenvalue weighted by Gasteiger charge is 2.35. The zero-order chi connectivity index (χ0) is 45.6. The van der Waals surface area contributed by atoms with Gasteiger partial charge in [-0.25, -0.2) is 0 Å². The second kappa shape index (κ2) is 26.6. The molecule has 0 spiro atoms. The van der Waals surface area contributed by atoms with Crippen LogP contribution in [0.4, 0.5) is 0 Å². The molecule has 0 aliphatic heterocycles. The van der Waals surface area contributed by atoms with Gasteiger partial charge < -0.3 is 81.6 Å². The van der Waals surface area contributed by atoms with Crippen LogP contribution in [-0.4, -0.2) is 142 Å². The molecule has 8 atom stereocenters. The molecule has 0 heterocycles. The minimum Gasteiger partial charge on any atom is -0.481 e. The first-order valence-electron chi connectivity index (χ1n) is 18.5. The zero-order valence-electron chi connectivity index (χ0n) is 33.4. The molecule has 0 bridgehead atoms. The van der Waals surface area contributed by atoms with Crippen LogP contribution in [-0.2, 0) is 43.2 Å². The van der Waals surface area contributed by atoms with E-state index in [9.17, 15) is 53.4 Å². The number of guanidine groups is 2. The third-order valence-electron chi connectivity index (χ3n) is 8.06. The van der Waals surface area contributed by atoms with Gasteiger partial charge in [-0.05, 0) is 51.9 Å². The molecule has 0 aliphatic rings. The second-order valence-electron chi connectivity index (χ2n) is 13.9. The van der Waals surface area contributed by atoms with Gasteiger partial charge in [0.25, 0.3) is 0 Å².